The van der Waals surface area contributed by atoms with Crippen molar-refractivity contribution >= 4 is 23.7 Å². The molecule has 7 heteroatoms. The van der Waals surface area contributed by atoms with Crippen molar-refractivity contribution in [3.8, 4) is 0 Å². The third-order valence-electron chi connectivity index (χ3n) is 3.80. The van der Waals surface area contributed by atoms with Crippen LogP contribution in [0.25, 0.3) is 0 Å². The van der Waals surface area contributed by atoms with Crippen LogP contribution in [0.15, 0.2) is 24.3 Å². The number of nitrogens with two attached hydrogens (primary N) is 1. The van der Waals surface area contributed by atoms with Gasteiger partial charge in [-0.25, -0.2) is 4.79 Å². The van der Waals surface area contributed by atoms with Crippen molar-refractivity contribution in [2.45, 2.75) is 39.3 Å². The number of carbonyl (C=O) groups is 4. The van der Waals surface area contributed by atoms with Gasteiger partial charge in [0.25, 0.3) is 17.7 Å². The molecule has 1 aliphatic rings. The fourth-order valence-electron chi connectivity index (χ4n) is 2.56. The summed E-state index contributed by atoms with van der Waals surface area (Å²) in [6.07, 6.45) is -0.905. The number of primary amides is 1. The van der Waals surface area contributed by atoms with E-state index in [2.05, 4.69) is 0 Å². The smallest absolute Gasteiger partial charge is 0.330 e. The van der Waals surface area contributed by atoms with Crippen molar-refractivity contribution < 1.29 is 23.9 Å². The second-order valence-corrected chi connectivity index (χ2v) is 6.15. The van der Waals surface area contributed by atoms with Crippen molar-refractivity contribution in [2.24, 2.45) is 11.7 Å². The molecule has 0 aromatic heterocycles. The van der Waals surface area contributed by atoms with E-state index < -0.39 is 35.8 Å². The molecule has 0 fully saturated rings. The number of hydrogen-bond donors (Lipinski definition) is 1. The maximum atomic E-state index is 12.6. The number of ether oxygens (including phenoxy) is 1. The van der Waals surface area contributed by atoms with Crippen LogP contribution in [0, 0.1) is 5.92 Å². The molecule has 7 nitrogen and oxygen atoms in total. The van der Waals surface area contributed by atoms with E-state index >= 15 is 0 Å². The Labute approximate surface area is 139 Å². The van der Waals surface area contributed by atoms with Gasteiger partial charge < -0.3 is 10.5 Å². The average molecular weight is 332 g/mol. The van der Waals surface area contributed by atoms with Crippen LogP contribution in [0.2, 0.25) is 0 Å². The normalized spacial score (nSPS) is 16.1. The minimum atomic E-state index is -1.14. The zero-order chi connectivity index (χ0) is 18.0. The first kappa shape index (κ1) is 17.7. The molecule has 128 valence electrons. The topological polar surface area (TPSA) is 107 Å². The summed E-state index contributed by atoms with van der Waals surface area (Å²) in [4.78, 5) is 49.6. The van der Waals surface area contributed by atoms with Crippen molar-refractivity contribution in [3.05, 3.63) is 35.4 Å². The summed E-state index contributed by atoms with van der Waals surface area (Å²) in [5, 5.41) is 0. The van der Waals surface area contributed by atoms with E-state index in [0.29, 0.717) is 0 Å². The fraction of sp³-hybridized carbons (Fsp3) is 0.412. The lowest BCUT2D eigenvalue weighted by molar-refractivity contribution is -0.158. The van der Waals surface area contributed by atoms with Gasteiger partial charge in [0.1, 0.15) is 6.04 Å². The minimum Gasteiger partial charge on any atom is -0.451 e. The largest absolute Gasteiger partial charge is 0.451 e. The van der Waals surface area contributed by atoms with Crippen LogP contribution in [0.4, 0.5) is 0 Å². The highest BCUT2D eigenvalue weighted by Gasteiger charge is 2.43. The highest BCUT2D eigenvalue weighted by Crippen LogP contribution is 2.27. The predicted octanol–water partition coefficient (Wildman–Crippen LogP) is 1.11. The SMILES string of the molecule is CC(C)C[C@H](C(=O)O[C@@H](C)C(N)=O)N1C(=O)c2ccccc2C1=O. The molecular weight excluding hydrogens is 312 g/mol. The third kappa shape index (κ3) is 3.29. The molecule has 0 spiro atoms. The van der Waals surface area contributed by atoms with Crippen LogP contribution < -0.4 is 5.73 Å². The lowest BCUT2D eigenvalue weighted by Crippen LogP contribution is -2.48. The molecule has 2 N–H and O–H groups in total. The number of nitrogens with zero attached hydrogens (tertiary/aromatic N) is 1. The standard InChI is InChI=1S/C17H20N2O5/c1-9(2)8-13(17(23)24-10(3)14(18)20)19-15(21)11-6-4-5-7-12(11)16(19)22/h4-7,9-10,13H,8H2,1-3H3,(H2,18,20)/t10-,13+/m0/s1. The third-order valence-corrected chi connectivity index (χ3v) is 3.80. The summed E-state index contributed by atoms with van der Waals surface area (Å²) in [6.45, 7) is 5.06. The molecule has 1 heterocycles. The van der Waals surface area contributed by atoms with Gasteiger partial charge >= 0.3 is 5.97 Å². The van der Waals surface area contributed by atoms with Gasteiger partial charge in [-0.15, -0.1) is 0 Å². The minimum absolute atomic E-state index is 0.0238. The van der Waals surface area contributed by atoms with Crippen LogP contribution in [0.5, 0.6) is 0 Å². The van der Waals surface area contributed by atoms with Gasteiger partial charge in [-0.2, -0.15) is 0 Å². The first-order valence-electron chi connectivity index (χ1n) is 7.70. The van der Waals surface area contributed by atoms with E-state index in [1.165, 1.54) is 6.92 Å². The van der Waals surface area contributed by atoms with Crippen molar-refractivity contribution in [2.75, 3.05) is 0 Å². The van der Waals surface area contributed by atoms with E-state index in [-0.39, 0.29) is 23.5 Å². The molecule has 1 aliphatic heterocycles. The molecule has 0 saturated carbocycles. The zero-order valence-electron chi connectivity index (χ0n) is 13.8. The fourth-order valence-corrected chi connectivity index (χ4v) is 2.56. The van der Waals surface area contributed by atoms with Crippen LogP contribution in [-0.4, -0.2) is 40.7 Å². The second-order valence-electron chi connectivity index (χ2n) is 6.15. The molecule has 2 rings (SSSR count). The zero-order valence-corrected chi connectivity index (χ0v) is 13.8. The maximum Gasteiger partial charge on any atom is 0.330 e. The van der Waals surface area contributed by atoms with E-state index in [9.17, 15) is 19.2 Å². The predicted molar refractivity (Wildman–Crippen MR) is 84.9 cm³/mol. The molecule has 0 radical (unpaired) electrons. The monoisotopic (exact) mass is 332 g/mol. The molecule has 0 bridgehead atoms. The van der Waals surface area contributed by atoms with Gasteiger partial charge in [0.15, 0.2) is 6.10 Å². The Bertz CT molecular complexity index is 663. The summed E-state index contributed by atoms with van der Waals surface area (Å²) in [5.74, 6) is -2.66. The van der Waals surface area contributed by atoms with Gasteiger partial charge in [0, 0.05) is 0 Å². The number of imide groups is 1. The number of rotatable bonds is 6. The summed E-state index contributed by atoms with van der Waals surface area (Å²) < 4.78 is 5.02. The Kier molecular flexibility index (Phi) is 5.02. The Morgan fingerprint density at radius 1 is 1.08 bits per heavy atom. The van der Waals surface area contributed by atoms with Crippen molar-refractivity contribution in [3.63, 3.8) is 0 Å². The summed E-state index contributed by atoms with van der Waals surface area (Å²) in [5.41, 5.74) is 5.61. The second kappa shape index (κ2) is 6.82. The van der Waals surface area contributed by atoms with Crippen LogP contribution >= 0.6 is 0 Å². The molecular formula is C17H20N2O5. The average Bonchev–Trinajstić information content (AvgIpc) is 2.77. The summed E-state index contributed by atoms with van der Waals surface area (Å²) in [6, 6.07) is 5.29. The molecule has 1 aromatic carbocycles. The molecule has 0 saturated heterocycles. The van der Waals surface area contributed by atoms with E-state index in [4.69, 9.17) is 10.5 Å². The Hall–Kier alpha value is -2.70. The number of benzene rings is 1. The molecule has 1 aromatic rings. The molecule has 24 heavy (non-hydrogen) atoms. The lowest BCUT2D eigenvalue weighted by atomic mass is 10.0. The Balaban J connectivity index is 2.32. The van der Waals surface area contributed by atoms with E-state index in [1.54, 1.807) is 24.3 Å². The van der Waals surface area contributed by atoms with Crippen molar-refractivity contribution in [1.82, 2.24) is 4.90 Å². The van der Waals surface area contributed by atoms with Crippen LogP contribution in [-0.2, 0) is 14.3 Å². The van der Waals surface area contributed by atoms with Crippen LogP contribution in [0.3, 0.4) is 0 Å². The molecule has 3 amide bonds. The quantitative estimate of drug-likeness (QED) is 0.620. The van der Waals surface area contributed by atoms with E-state index in [1.807, 2.05) is 13.8 Å². The van der Waals surface area contributed by atoms with Gasteiger partial charge in [0.05, 0.1) is 11.1 Å². The first-order chi connectivity index (χ1) is 11.2. The van der Waals surface area contributed by atoms with Gasteiger partial charge in [0.2, 0.25) is 0 Å². The molecule has 2 atom stereocenters. The van der Waals surface area contributed by atoms with Gasteiger partial charge in [-0.1, -0.05) is 26.0 Å². The lowest BCUT2D eigenvalue weighted by Gasteiger charge is -2.26. The number of carbonyl (C=O) groups excluding carboxylic acids is 4. The van der Waals surface area contributed by atoms with Crippen molar-refractivity contribution in [1.29, 1.82) is 0 Å². The molecule has 0 aliphatic carbocycles. The van der Waals surface area contributed by atoms with E-state index in [0.717, 1.165) is 4.90 Å². The highest BCUT2D eigenvalue weighted by atomic mass is 16.5. The molecule has 0 unspecified atom stereocenters. The first-order valence-corrected chi connectivity index (χ1v) is 7.70. The number of amides is 3. The number of esters is 1. The summed E-state index contributed by atoms with van der Waals surface area (Å²) >= 11 is 0. The van der Waals surface area contributed by atoms with Gasteiger partial charge in [-0.3, -0.25) is 19.3 Å². The van der Waals surface area contributed by atoms with Gasteiger partial charge in [-0.05, 0) is 31.4 Å². The number of hydrogen-bond acceptors (Lipinski definition) is 5. The number of fused-ring (bicyclic) bond motifs is 1. The van der Waals surface area contributed by atoms with Crippen LogP contribution in [0.1, 0.15) is 47.9 Å². The Morgan fingerprint density at radius 2 is 1.58 bits per heavy atom. The Morgan fingerprint density at radius 3 is 2.00 bits per heavy atom. The summed E-state index contributed by atoms with van der Waals surface area (Å²) in [7, 11) is 0. The maximum absolute atomic E-state index is 12.6. The highest BCUT2D eigenvalue weighted by molar-refractivity contribution is 6.22.